The van der Waals surface area contributed by atoms with Crippen molar-refractivity contribution < 1.29 is 4.39 Å². The van der Waals surface area contributed by atoms with Gasteiger partial charge in [-0.2, -0.15) is 0 Å². The normalized spacial score (nSPS) is 10.9. The van der Waals surface area contributed by atoms with Gasteiger partial charge in [-0.25, -0.2) is 14.4 Å². The van der Waals surface area contributed by atoms with E-state index in [2.05, 4.69) is 9.97 Å². The molecule has 3 rings (SSSR count). The molecule has 2 N–H and O–H groups in total. The summed E-state index contributed by atoms with van der Waals surface area (Å²) in [7, 11) is 0. The third kappa shape index (κ3) is 2.30. The molecule has 0 aliphatic carbocycles. The first kappa shape index (κ1) is 11.4. The maximum Gasteiger partial charge on any atom is 0.181 e. The van der Waals surface area contributed by atoms with E-state index in [0.29, 0.717) is 5.13 Å². The molecule has 0 radical (unpaired) electrons. The van der Waals surface area contributed by atoms with E-state index in [1.807, 2.05) is 12.1 Å². The Balaban J connectivity index is 1.96. The number of hydrogen-bond acceptors (Lipinski definition) is 5. The SMILES string of the molecule is Nc1ncc(Sc2ccc3cc(F)ccc3n2)s1. The molecule has 0 saturated heterocycles. The van der Waals surface area contributed by atoms with Gasteiger partial charge in [-0.15, -0.1) is 0 Å². The van der Waals surface area contributed by atoms with E-state index in [9.17, 15) is 4.39 Å². The summed E-state index contributed by atoms with van der Waals surface area (Å²) in [6.45, 7) is 0. The van der Waals surface area contributed by atoms with Crippen LogP contribution in [0.15, 0.2) is 45.8 Å². The summed E-state index contributed by atoms with van der Waals surface area (Å²) < 4.78 is 14.0. The second kappa shape index (κ2) is 4.55. The highest BCUT2D eigenvalue weighted by atomic mass is 32.2. The van der Waals surface area contributed by atoms with Crippen LogP contribution in [0.25, 0.3) is 10.9 Å². The molecule has 0 fully saturated rings. The molecule has 0 atom stereocenters. The fraction of sp³-hybridized carbons (Fsp3) is 0. The molecule has 90 valence electrons. The fourth-order valence-corrected chi connectivity index (χ4v) is 3.24. The summed E-state index contributed by atoms with van der Waals surface area (Å²) in [6, 6.07) is 8.28. The van der Waals surface area contributed by atoms with Crippen molar-refractivity contribution in [3.05, 3.63) is 42.3 Å². The molecule has 0 spiro atoms. The quantitative estimate of drug-likeness (QED) is 0.778. The van der Waals surface area contributed by atoms with Gasteiger partial charge >= 0.3 is 0 Å². The molecule has 0 amide bonds. The van der Waals surface area contributed by atoms with E-state index in [0.717, 1.165) is 20.1 Å². The van der Waals surface area contributed by atoms with E-state index in [1.54, 1.807) is 12.3 Å². The van der Waals surface area contributed by atoms with Gasteiger partial charge < -0.3 is 5.73 Å². The Labute approximate surface area is 111 Å². The number of anilines is 1. The smallest absolute Gasteiger partial charge is 0.181 e. The molecule has 0 saturated carbocycles. The predicted molar refractivity (Wildman–Crippen MR) is 72.4 cm³/mol. The third-order valence-corrected chi connectivity index (χ3v) is 4.20. The van der Waals surface area contributed by atoms with Crippen LogP contribution in [0.3, 0.4) is 0 Å². The average molecular weight is 277 g/mol. The largest absolute Gasteiger partial charge is 0.375 e. The Hall–Kier alpha value is -1.66. The third-order valence-electron chi connectivity index (χ3n) is 2.33. The number of hydrogen-bond donors (Lipinski definition) is 1. The van der Waals surface area contributed by atoms with Crippen molar-refractivity contribution >= 4 is 39.1 Å². The maximum atomic E-state index is 13.0. The van der Waals surface area contributed by atoms with Gasteiger partial charge in [-0.3, -0.25) is 0 Å². The second-order valence-electron chi connectivity index (χ2n) is 3.61. The molecule has 18 heavy (non-hydrogen) atoms. The number of halogens is 1. The number of aromatic nitrogens is 2. The van der Waals surface area contributed by atoms with Gasteiger partial charge in [0.2, 0.25) is 0 Å². The zero-order valence-electron chi connectivity index (χ0n) is 9.13. The topological polar surface area (TPSA) is 51.8 Å². The van der Waals surface area contributed by atoms with Gasteiger partial charge in [0, 0.05) is 5.39 Å². The van der Waals surface area contributed by atoms with Gasteiger partial charge in [0.1, 0.15) is 10.8 Å². The highest BCUT2D eigenvalue weighted by Gasteiger charge is 2.04. The van der Waals surface area contributed by atoms with Gasteiger partial charge in [0.25, 0.3) is 0 Å². The van der Waals surface area contributed by atoms with Crippen molar-refractivity contribution in [3.8, 4) is 0 Å². The van der Waals surface area contributed by atoms with Crippen LogP contribution in [0.1, 0.15) is 0 Å². The van der Waals surface area contributed by atoms with Crippen LogP contribution in [0, 0.1) is 5.82 Å². The molecule has 3 nitrogen and oxygen atoms in total. The van der Waals surface area contributed by atoms with E-state index >= 15 is 0 Å². The van der Waals surface area contributed by atoms with Gasteiger partial charge in [-0.1, -0.05) is 29.2 Å². The Morgan fingerprint density at radius 3 is 2.89 bits per heavy atom. The van der Waals surface area contributed by atoms with Crippen LogP contribution >= 0.6 is 23.1 Å². The van der Waals surface area contributed by atoms with Crippen LogP contribution in [-0.4, -0.2) is 9.97 Å². The van der Waals surface area contributed by atoms with Crippen molar-refractivity contribution in [1.82, 2.24) is 9.97 Å². The number of nitrogen functional groups attached to an aromatic ring is 1. The van der Waals surface area contributed by atoms with Crippen molar-refractivity contribution in [2.45, 2.75) is 9.24 Å². The number of thiazole rings is 1. The van der Waals surface area contributed by atoms with Crippen LogP contribution in [0.4, 0.5) is 9.52 Å². The lowest BCUT2D eigenvalue weighted by atomic mass is 10.2. The number of fused-ring (bicyclic) bond motifs is 1. The molecular formula is C12H8FN3S2. The molecule has 1 aromatic carbocycles. The lowest BCUT2D eigenvalue weighted by molar-refractivity contribution is 0.629. The first-order valence-corrected chi connectivity index (χ1v) is 6.79. The average Bonchev–Trinajstić information content (AvgIpc) is 2.75. The maximum absolute atomic E-state index is 13.0. The molecule has 0 unspecified atom stereocenters. The minimum atomic E-state index is -0.250. The minimum Gasteiger partial charge on any atom is -0.375 e. The number of benzene rings is 1. The Bertz CT molecular complexity index is 711. The first-order chi connectivity index (χ1) is 8.70. The molecule has 2 aromatic heterocycles. The van der Waals surface area contributed by atoms with Gasteiger partial charge in [0.05, 0.1) is 15.9 Å². The fourth-order valence-electron chi connectivity index (χ4n) is 1.56. The van der Waals surface area contributed by atoms with E-state index < -0.39 is 0 Å². The summed E-state index contributed by atoms with van der Waals surface area (Å²) in [6.07, 6.45) is 1.72. The van der Waals surface area contributed by atoms with E-state index in [1.165, 1.54) is 35.2 Å². The lowest BCUT2D eigenvalue weighted by Gasteiger charge is -2.01. The van der Waals surface area contributed by atoms with Crippen LogP contribution < -0.4 is 5.73 Å². The first-order valence-electron chi connectivity index (χ1n) is 5.16. The standard InChI is InChI=1S/C12H8FN3S2/c13-8-2-3-9-7(5-8)1-4-10(16-9)17-11-6-15-12(14)18-11/h1-6H,(H2,14,15). The van der Waals surface area contributed by atoms with E-state index in [4.69, 9.17) is 5.73 Å². The lowest BCUT2D eigenvalue weighted by Crippen LogP contribution is -1.83. The predicted octanol–water partition coefficient (Wildman–Crippen LogP) is 3.56. The van der Waals surface area contributed by atoms with Crippen LogP contribution in [0.5, 0.6) is 0 Å². The van der Waals surface area contributed by atoms with Gasteiger partial charge in [0.15, 0.2) is 5.13 Å². The monoisotopic (exact) mass is 277 g/mol. The molecule has 0 aliphatic rings. The molecule has 0 aliphatic heterocycles. The van der Waals surface area contributed by atoms with Gasteiger partial charge in [-0.05, 0) is 24.3 Å². The van der Waals surface area contributed by atoms with Crippen molar-refractivity contribution in [1.29, 1.82) is 0 Å². The zero-order chi connectivity index (χ0) is 12.5. The molecular weight excluding hydrogens is 269 g/mol. The van der Waals surface area contributed by atoms with Crippen LogP contribution in [-0.2, 0) is 0 Å². The van der Waals surface area contributed by atoms with E-state index in [-0.39, 0.29) is 5.82 Å². The molecule has 0 bridgehead atoms. The minimum absolute atomic E-state index is 0.250. The number of pyridine rings is 1. The van der Waals surface area contributed by atoms with Crippen molar-refractivity contribution in [3.63, 3.8) is 0 Å². The Morgan fingerprint density at radius 2 is 2.11 bits per heavy atom. The van der Waals surface area contributed by atoms with Crippen molar-refractivity contribution in [2.24, 2.45) is 0 Å². The Morgan fingerprint density at radius 1 is 1.22 bits per heavy atom. The summed E-state index contributed by atoms with van der Waals surface area (Å²) >= 11 is 2.92. The zero-order valence-corrected chi connectivity index (χ0v) is 10.8. The Kier molecular flexibility index (Phi) is 2.89. The van der Waals surface area contributed by atoms with Crippen molar-refractivity contribution in [2.75, 3.05) is 5.73 Å². The number of nitrogens with zero attached hydrogens (tertiary/aromatic N) is 2. The highest BCUT2D eigenvalue weighted by Crippen LogP contribution is 2.32. The highest BCUT2D eigenvalue weighted by molar-refractivity contribution is 8.01. The number of rotatable bonds is 2. The summed E-state index contributed by atoms with van der Waals surface area (Å²) in [5.41, 5.74) is 6.35. The molecule has 2 heterocycles. The second-order valence-corrected chi connectivity index (χ2v) is 5.99. The summed E-state index contributed by atoms with van der Waals surface area (Å²) in [5.74, 6) is -0.250. The molecule has 6 heteroatoms. The summed E-state index contributed by atoms with van der Waals surface area (Å²) in [4.78, 5) is 8.44. The molecule has 3 aromatic rings. The summed E-state index contributed by atoms with van der Waals surface area (Å²) in [5, 5.41) is 2.18. The number of nitrogens with two attached hydrogens (primary N) is 1. The van der Waals surface area contributed by atoms with Crippen LogP contribution in [0.2, 0.25) is 0 Å².